The quantitative estimate of drug-likeness (QED) is 0.794. The Bertz CT molecular complexity index is 850. The van der Waals surface area contributed by atoms with Crippen molar-refractivity contribution in [3.63, 3.8) is 0 Å². The second-order valence-corrected chi connectivity index (χ2v) is 6.55. The highest BCUT2D eigenvalue weighted by molar-refractivity contribution is 5.96. The summed E-state index contributed by atoms with van der Waals surface area (Å²) in [4.78, 5) is 26.6. The molecular formula is C21H24N2O5. The first-order chi connectivity index (χ1) is 13.5. The highest BCUT2D eigenvalue weighted by Gasteiger charge is 2.30. The molecule has 2 aromatic carbocycles. The minimum absolute atomic E-state index is 0.0514. The van der Waals surface area contributed by atoms with Gasteiger partial charge in [0.1, 0.15) is 5.75 Å². The standard InChI is InChI=1S/C21H24N2O5/c1-26-17-7-5-16(6-8-17)23-13-14(10-20(23)24)12-22-21(25)15-4-9-18(27-2)19(11-15)28-3/h4-9,11,14H,10,12-13H2,1-3H3,(H,22,25). The monoisotopic (exact) mass is 384 g/mol. The van der Waals surface area contributed by atoms with E-state index in [2.05, 4.69) is 5.32 Å². The van der Waals surface area contributed by atoms with Crippen LogP contribution in [0.25, 0.3) is 0 Å². The van der Waals surface area contributed by atoms with E-state index in [9.17, 15) is 9.59 Å². The Kier molecular flexibility index (Phi) is 6.03. The Labute approximate surface area is 164 Å². The van der Waals surface area contributed by atoms with Crippen molar-refractivity contribution in [1.82, 2.24) is 5.32 Å². The molecule has 0 saturated carbocycles. The van der Waals surface area contributed by atoms with Crippen LogP contribution >= 0.6 is 0 Å². The number of nitrogens with zero attached hydrogens (tertiary/aromatic N) is 1. The molecule has 1 aliphatic heterocycles. The lowest BCUT2D eigenvalue weighted by molar-refractivity contribution is -0.117. The van der Waals surface area contributed by atoms with Crippen molar-refractivity contribution in [3.8, 4) is 17.2 Å². The lowest BCUT2D eigenvalue weighted by atomic mass is 10.1. The van der Waals surface area contributed by atoms with E-state index in [-0.39, 0.29) is 17.7 Å². The molecule has 0 radical (unpaired) electrons. The molecule has 2 aromatic rings. The number of methoxy groups -OCH3 is 3. The number of nitrogens with one attached hydrogen (secondary N) is 1. The van der Waals surface area contributed by atoms with Crippen LogP contribution in [0.5, 0.6) is 17.2 Å². The van der Waals surface area contributed by atoms with Gasteiger partial charge < -0.3 is 24.4 Å². The molecule has 28 heavy (non-hydrogen) atoms. The molecule has 2 amide bonds. The van der Waals surface area contributed by atoms with Crippen molar-refractivity contribution in [1.29, 1.82) is 0 Å². The average molecular weight is 384 g/mol. The fraction of sp³-hybridized carbons (Fsp3) is 0.333. The molecular weight excluding hydrogens is 360 g/mol. The Morgan fingerprint density at radius 3 is 2.39 bits per heavy atom. The normalized spacial score (nSPS) is 16.0. The number of rotatable bonds is 7. The van der Waals surface area contributed by atoms with Gasteiger partial charge in [-0.1, -0.05) is 0 Å². The van der Waals surface area contributed by atoms with Crippen molar-refractivity contribution in [2.45, 2.75) is 6.42 Å². The van der Waals surface area contributed by atoms with Crippen LogP contribution in [0, 0.1) is 5.92 Å². The number of hydrogen-bond acceptors (Lipinski definition) is 5. The molecule has 0 spiro atoms. The van der Waals surface area contributed by atoms with Gasteiger partial charge in [0.25, 0.3) is 5.91 Å². The minimum atomic E-state index is -0.212. The van der Waals surface area contributed by atoms with E-state index >= 15 is 0 Å². The molecule has 7 heteroatoms. The summed E-state index contributed by atoms with van der Waals surface area (Å²) in [7, 11) is 4.67. The van der Waals surface area contributed by atoms with E-state index in [0.717, 1.165) is 11.4 Å². The fourth-order valence-electron chi connectivity index (χ4n) is 3.25. The molecule has 1 atom stereocenters. The second-order valence-electron chi connectivity index (χ2n) is 6.55. The van der Waals surface area contributed by atoms with Gasteiger partial charge in [-0.15, -0.1) is 0 Å². The number of amides is 2. The maximum Gasteiger partial charge on any atom is 0.251 e. The van der Waals surface area contributed by atoms with Gasteiger partial charge in [0.15, 0.2) is 11.5 Å². The van der Waals surface area contributed by atoms with Gasteiger partial charge in [0.05, 0.1) is 21.3 Å². The SMILES string of the molecule is COc1ccc(N2CC(CNC(=O)c3ccc(OC)c(OC)c3)CC2=O)cc1. The van der Waals surface area contributed by atoms with Gasteiger partial charge in [-0.3, -0.25) is 9.59 Å². The highest BCUT2D eigenvalue weighted by atomic mass is 16.5. The number of benzene rings is 2. The zero-order valence-corrected chi connectivity index (χ0v) is 16.2. The van der Waals surface area contributed by atoms with Crippen LogP contribution in [0.4, 0.5) is 5.69 Å². The maximum absolute atomic E-state index is 12.5. The van der Waals surface area contributed by atoms with Crippen LogP contribution in [-0.2, 0) is 4.79 Å². The fourth-order valence-corrected chi connectivity index (χ4v) is 3.25. The molecule has 1 N–H and O–H groups in total. The largest absolute Gasteiger partial charge is 0.497 e. The molecule has 1 fully saturated rings. The molecule has 148 valence electrons. The third-order valence-corrected chi connectivity index (χ3v) is 4.79. The van der Waals surface area contributed by atoms with Gasteiger partial charge >= 0.3 is 0 Å². The molecule has 7 nitrogen and oxygen atoms in total. The van der Waals surface area contributed by atoms with Gasteiger partial charge in [-0.2, -0.15) is 0 Å². The number of hydrogen-bond donors (Lipinski definition) is 1. The molecule has 0 aromatic heterocycles. The zero-order chi connectivity index (χ0) is 20.1. The molecule has 1 heterocycles. The van der Waals surface area contributed by atoms with Crippen LogP contribution in [-0.4, -0.2) is 46.2 Å². The lowest BCUT2D eigenvalue weighted by Gasteiger charge is -2.17. The van der Waals surface area contributed by atoms with E-state index in [1.807, 2.05) is 24.3 Å². The summed E-state index contributed by atoms with van der Waals surface area (Å²) >= 11 is 0. The Balaban J connectivity index is 1.59. The first kappa shape index (κ1) is 19.5. The van der Waals surface area contributed by atoms with Crippen LogP contribution in [0.3, 0.4) is 0 Å². The molecule has 0 bridgehead atoms. The molecule has 1 saturated heterocycles. The van der Waals surface area contributed by atoms with Crippen molar-refractivity contribution in [2.75, 3.05) is 39.3 Å². The summed E-state index contributed by atoms with van der Waals surface area (Å²) < 4.78 is 15.6. The third-order valence-electron chi connectivity index (χ3n) is 4.79. The minimum Gasteiger partial charge on any atom is -0.497 e. The van der Waals surface area contributed by atoms with Crippen molar-refractivity contribution in [2.24, 2.45) is 5.92 Å². The summed E-state index contributed by atoms with van der Waals surface area (Å²) in [5.41, 5.74) is 1.31. The van der Waals surface area contributed by atoms with E-state index in [4.69, 9.17) is 14.2 Å². The Hall–Kier alpha value is -3.22. The van der Waals surface area contributed by atoms with Gasteiger partial charge in [-0.05, 0) is 42.5 Å². The van der Waals surface area contributed by atoms with Gasteiger partial charge in [0, 0.05) is 36.7 Å². The van der Waals surface area contributed by atoms with Crippen LogP contribution in [0.1, 0.15) is 16.8 Å². The summed E-state index contributed by atoms with van der Waals surface area (Å²) in [6, 6.07) is 12.4. The Morgan fingerprint density at radius 2 is 1.75 bits per heavy atom. The number of ether oxygens (including phenoxy) is 3. The van der Waals surface area contributed by atoms with Gasteiger partial charge in [-0.25, -0.2) is 0 Å². The smallest absolute Gasteiger partial charge is 0.251 e. The maximum atomic E-state index is 12.5. The molecule has 1 unspecified atom stereocenters. The second kappa shape index (κ2) is 8.65. The van der Waals surface area contributed by atoms with Crippen LogP contribution < -0.4 is 24.4 Å². The third kappa shape index (κ3) is 4.19. The molecule has 1 aliphatic rings. The first-order valence-corrected chi connectivity index (χ1v) is 9.00. The summed E-state index contributed by atoms with van der Waals surface area (Å²) in [6.45, 7) is 0.989. The van der Waals surface area contributed by atoms with E-state index in [0.29, 0.717) is 36.6 Å². The topological polar surface area (TPSA) is 77.1 Å². The summed E-state index contributed by atoms with van der Waals surface area (Å²) in [5, 5.41) is 2.91. The summed E-state index contributed by atoms with van der Waals surface area (Å²) in [5.74, 6) is 1.70. The zero-order valence-electron chi connectivity index (χ0n) is 16.2. The number of anilines is 1. The first-order valence-electron chi connectivity index (χ1n) is 9.00. The van der Waals surface area contributed by atoms with Crippen molar-refractivity contribution < 1.29 is 23.8 Å². The summed E-state index contributed by atoms with van der Waals surface area (Å²) in [6.07, 6.45) is 0.401. The van der Waals surface area contributed by atoms with Crippen molar-refractivity contribution in [3.05, 3.63) is 48.0 Å². The number of carbonyl (C=O) groups excluding carboxylic acids is 2. The van der Waals surface area contributed by atoms with E-state index < -0.39 is 0 Å². The number of carbonyl (C=O) groups is 2. The van der Waals surface area contributed by atoms with Crippen LogP contribution in [0.15, 0.2) is 42.5 Å². The highest BCUT2D eigenvalue weighted by Crippen LogP contribution is 2.28. The molecule has 0 aliphatic carbocycles. The van der Waals surface area contributed by atoms with Crippen molar-refractivity contribution >= 4 is 17.5 Å². The van der Waals surface area contributed by atoms with E-state index in [1.54, 1.807) is 37.3 Å². The molecule has 3 rings (SSSR count). The van der Waals surface area contributed by atoms with Crippen LogP contribution in [0.2, 0.25) is 0 Å². The lowest BCUT2D eigenvalue weighted by Crippen LogP contribution is -2.31. The Morgan fingerprint density at radius 1 is 1.04 bits per heavy atom. The predicted molar refractivity (Wildman–Crippen MR) is 105 cm³/mol. The average Bonchev–Trinajstić information content (AvgIpc) is 3.11. The van der Waals surface area contributed by atoms with E-state index in [1.165, 1.54) is 7.11 Å². The van der Waals surface area contributed by atoms with Gasteiger partial charge in [0.2, 0.25) is 5.91 Å². The predicted octanol–water partition coefficient (Wildman–Crippen LogP) is 2.50.